The maximum absolute atomic E-state index is 8.82. The van der Waals surface area contributed by atoms with E-state index in [1.165, 1.54) is 5.56 Å². The number of anilines is 3. The Balaban J connectivity index is 1.94. The molecule has 0 fully saturated rings. The second-order valence-electron chi connectivity index (χ2n) is 7.01. The minimum absolute atomic E-state index is 0.210. The molecule has 1 aliphatic heterocycles. The Morgan fingerprint density at radius 1 is 0.963 bits per heavy atom. The maximum Gasteiger partial charge on any atom is 0.569 e. The number of nitrogens with zero attached hydrogens (tertiary/aromatic N) is 2. The van der Waals surface area contributed by atoms with Gasteiger partial charge in [-0.15, -0.1) is 0 Å². The summed E-state index contributed by atoms with van der Waals surface area (Å²) in [7, 11) is 0.676. The average Bonchev–Trinajstić information content (AvgIpc) is 2.69. The molecule has 131 valence electrons. The molecule has 1 heterocycles. The summed E-state index contributed by atoms with van der Waals surface area (Å²) in [4.78, 5) is 5.82. The van der Waals surface area contributed by atoms with Crippen molar-refractivity contribution in [3.63, 3.8) is 0 Å². The minimum Gasteiger partial charge on any atom is -0.537 e. The smallest absolute Gasteiger partial charge is 0.537 e. The van der Waals surface area contributed by atoms with Crippen LogP contribution in [0.4, 0.5) is 22.7 Å². The van der Waals surface area contributed by atoms with Crippen molar-refractivity contribution in [2.45, 2.75) is 19.3 Å². The fraction of sp³-hybridized carbons (Fsp3) is 0.136. The van der Waals surface area contributed by atoms with Crippen LogP contribution in [0.25, 0.3) is 4.85 Å². The lowest BCUT2D eigenvalue weighted by Gasteiger charge is -2.42. The van der Waals surface area contributed by atoms with Gasteiger partial charge in [0.05, 0.1) is 12.3 Å². The molecule has 3 aromatic carbocycles. The molecule has 0 saturated heterocycles. The van der Waals surface area contributed by atoms with Crippen molar-refractivity contribution in [2.24, 2.45) is 0 Å². The van der Waals surface area contributed by atoms with Crippen LogP contribution in [0.1, 0.15) is 25.0 Å². The van der Waals surface area contributed by atoms with Gasteiger partial charge in [0.15, 0.2) is 5.69 Å². The van der Waals surface area contributed by atoms with Gasteiger partial charge in [0.25, 0.3) is 0 Å². The van der Waals surface area contributed by atoms with Crippen LogP contribution in [-0.2, 0) is 5.41 Å². The molecule has 1 radical (unpaired) electrons. The molecule has 0 spiro atoms. The number of hydrogen-bond donors (Lipinski definition) is 1. The van der Waals surface area contributed by atoms with E-state index in [4.69, 9.17) is 16.3 Å². The first-order valence-electron chi connectivity index (χ1n) is 8.70. The van der Waals surface area contributed by atoms with Gasteiger partial charge >= 0.3 is 7.69 Å². The molecule has 4 nitrogen and oxygen atoms in total. The van der Waals surface area contributed by atoms with Crippen LogP contribution in [0, 0.1) is 6.57 Å². The van der Waals surface area contributed by atoms with Crippen molar-refractivity contribution in [1.82, 2.24) is 0 Å². The molecule has 0 atom stereocenters. The monoisotopic (exact) mass is 353 g/mol. The van der Waals surface area contributed by atoms with Crippen molar-refractivity contribution < 1.29 is 9.68 Å². The molecule has 0 amide bonds. The van der Waals surface area contributed by atoms with Crippen molar-refractivity contribution in [1.29, 1.82) is 0 Å². The Hall–Kier alpha value is -3.23. The lowest BCUT2D eigenvalue weighted by molar-refractivity contribution is 0.454. The van der Waals surface area contributed by atoms with Gasteiger partial charge in [0.2, 0.25) is 0 Å². The topological polar surface area (TPSA) is 37.1 Å². The van der Waals surface area contributed by atoms with E-state index >= 15 is 0 Å². The Morgan fingerprint density at radius 3 is 2.37 bits per heavy atom. The van der Waals surface area contributed by atoms with Crippen LogP contribution >= 0.6 is 0 Å². The summed E-state index contributed by atoms with van der Waals surface area (Å²) in [6, 6.07) is 21.8. The molecule has 4 rings (SSSR count). The van der Waals surface area contributed by atoms with Crippen molar-refractivity contribution >= 4 is 30.4 Å². The summed E-state index contributed by atoms with van der Waals surface area (Å²) in [5.74, 6) is 0.565. The Bertz CT molecular complexity index is 1040. The van der Waals surface area contributed by atoms with E-state index in [2.05, 4.69) is 41.8 Å². The normalized spacial score (nSPS) is 13.9. The molecule has 27 heavy (non-hydrogen) atoms. The van der Waals surface area contributed by atoms with Gasteiger partial charge in [-0.3, -0.25) is 0 Å². The molecular formula is C22H18BN2O2. The fourth-order valence-corrected chi connectivity index (χ4v) is 3.77. The molecule has 0 aromatic heterocycles. The van der Waals surface area contributed by atoms with Crippen molar-refractivity contribution in [3.05, 3.63) is 89.3 Å². The van der Waals surface area contributed by atoms with Gasteiger partial charge in [-0.1, -0.05) is 44.2 Å². The molecule has 3 aromatic rings. The van der Waals surface area contributed by atoms with Crippen LogP contribution in [0.2, 0.25) is 0 Å². The molecule has 0 unspecified atom stereocenters. The van der Waals surface area contributed by atoms with Gasteiger partial charge in [0.1, 0.15) is 5.75 Å². The van der Waals surface area contributed by atoms with Gasteiger partial charge in [0, 0.05) is 16.8 Å². The summed E-state index contributed by atoms with van der Waals surface area (Å²) >= 11 is 0. The number of hydrogen-bond acceptors (Lipinski definition) is 3. The minimum atomic E-state index is -0.210. The molecule has 0 bridgehead atoms. The standard InChI is InChI=1S/C22H18BN2O2/c1-22(2)18-6-4-5-7-20(18)25(16-9-11-17(12-10-16)27-23-26)21-13-8-15(24-3)14-19(21)22/h4-14,26H,1-2H3. The number of fused-ring (bicyclic) bond motifs is 2. The van der Waals surface area contributed by atoms with E-state index in [0.29, 0.717) is 19.1 Å². The van der Waals surface area contributed by atoms with Crippen LogP contribution in [0.15, 0.2) is 66.7 Å². The average molecular weight is 353 g/mol. The van der Waals surface area contributed by atoms with Gasteiger partial charge in [-0.25, -0.2) is 4.85 Å². The highest BCUT2D eigenvalue weighted by Gasteiger charge is 2.36. The third-order valence-corrected chi connectivity index (χ3v) is 5.13. The zero-order valence-corrected chi connectivity index (χ0v) is 15.2. The lowest BCUT2D eigenvalue weighted by Crippen LogP contribution is -2.30. The first-order valence-corrected chi connectivity index (χ1v) is 8.70. The Morgan fingerprint density at radius 2 is 1.67 bits per heavy atom. The second kappa shape index (κ2) is 6.50. The fourth-order valence-electron chi connectivity index (χ4n) is 3.77. The molecular weight excluding hydrogens is 335 g/mol. The van der Waals surface area contributed by atoms with Gasteiger partial charge < -0.3 is 14.6 Å². The second-order valence-corrected chi connectivity index (χ2v) is 7.01. The predicted molar refractivity (Wildman–Crippen MR) is 108 cm³/mol. The first kappa shape index (κ1) is 17.2. The van der Waals surface area contributed by atoms with Crippen LogP contribution in [0.5, 0.6) is 5.75 Å². The van der Waals surface area contributed by atoms with E-state index in [1.54, 1.807) is 0 Å². The SMILES string of the molecule is [C-]#[N+]c1ccc2c(c1)C(C)(C)c1ccccc1N2c1ccc(O[B]O)cc1. The maximum atomic E-state index is 8.82. The van der Waals surface area contributed by atoms with E-state index < -0.39 is 0 Å². The third kappa shape index (κ3) is 2.75. The molecule has 1 N–H and O–H groups in total. The van der Waals surface area contributed by atoms with Crippen LogP contribution in [-0.4, -0.2) is 12.7 Å². The number of benzene rings is 3. The molecule has 1 aliphatic rings. The zero-order chi connectivity index (χ0) is 19.0. The van der Waals surface area contributed by atoms with E-state index in [-0.39, 0.29) is 5.41 Å². The summed E-state index contributed by atoms with van der Waals surface area (Å²) in [5, 5.41) is 8.82. The Labute approximate surface area is 159 Å². The molecule has 0 saturated carbocycles. The zero-order valence-electron chi connectivity index (χ0n) is 15.2. The number of rotatable bonds is 3. The molecule has 0 aliphatic carbocycles. The summed E-state index contributed by atoms with van der Waals surface area (Å²) in [5.41, 5.74) is 5.94. The number of para-hydroxylation sites is 1. The molecule has 5 heteroatoms. The predicted octanol–water partition coefficient (Wildman–Crippen LogP) is 5.25. The van der Waals surface area contributed by atoms with Crippen molar-refractivity contribution in [2.75, 3.05) is 4.90 Å². The summed E-state index contributed by atoms with van der Waals surface area (Å²) in [6.07, 6.45) is 0. The van der Waals surface area contributed by atoms with Gasteiger partial charge in [-0.05, 0) is 47.5 Å². The first-order chi connectivity index (χ1) is 13.1. The quantitative estimate of drug-likeness (QED) is 0.516. The highest BCUT2D eigenvalue weighted by atomic mass is 16.5. The van der Waals surface area contributed by atoms with Crippen molar-refractivity contribution in [3.8, 4) is 5.75 Å². The summed E-state index contributed by atoms with van der Waals surface area (Å²) in [6.45, 7) is 11.8. The largest absolute Gasteiger partial charge is 0.569 e. The van der Waals surface area contributed by atoms with E-state index in [1.807, 2.05) is 48.5 Å². The lowest BCUT2D eigenvalue weighted by atomic mass is 9.73. The third-order valence-electron chi connectivity index (χ3n) is 5.13. The highest BCUT2D eigenvalue weighted by Crippen LogP contribution is 2.52. The van der Waals surface area contributed by atoms with Crippen LogP contribution in [0.3, 0.4) is 0 Å². The summed E-state index contributed by atoms with van der Waals surface area (Å²) < 4.78 is 5.03. The van der Waals surface area contributed by atoms with Crippen LogP contribution < -0.4 is 9.55 Å². The van der Waals surface area contributed by atoms with E-state index in [9.17, 15) is 0 Å². The Kier molecular flexibility index (Phi) is 4.14. The van der Waals surface area contributed by atoms with Gasteiger partial charge in [-0.2, -0.15) is 0 Å². The highest BCUT2D eigenvalue weighted by molar-refractivity contribution is 6.17. The van der Waals surface area contributed by atoms with E-state index in [0.717, 1.165) is 22.6 Å².